The number of hydrogen-bond donors (Lipinski definition) is 2. The van der Waals surface area contributed by atoms with Gasteiger partial charge in [-0.3, -0.25) is 9.78 Å². The van der Waals surface area contributed by atoms with Crippen LogP contribution >= 0.6 is 0 Å². The minimum atomic E-state index is -0.192. The van der Waals surface area contributed by atoms with E-state index in [0.29, 0.717) is 29.3 Å². The zero-order valence-corrected chi connectivity index (χ0v) is 14.6. The molecule has 1 aromatic carbocycles. The number of nitrogen functional groups attached to an aromatic ring is 1. The Kier molecular flexibility index (Phi) is 4.25. The van der Waals surface area contributed by atoms with Gasteiger partial charge in [0.15, 0.2) is 11.5 Å². The fourth-order valence-electron chi connectivity index (χ4n) is 2.82. The minimum absolute atomic E-state index is 0.0346. The van der Waals surface area contributed by atoms with E-state index in [2.05, 4.69) is 25.4 Å². The quantitative estimate of drug-likeness (QED) is 0.545. The number of nitrogens with one attached hydrogen (secondary N) is 1. The van der Waals surface area contributed by atoms with Crippen molar-refractivity contribution in [1.29, 1.82) is 0 Å². The fourth-order valence-corrected chi connectivity index (χ4v) is 2.82. The zero-order valence-electron chi connectivity index (χ0n) is 14.6. The lowest BCUT2D eigenvalue weighted by Crippen LogP contribution is -2.25. The molecule has 0 aliphatic carbocycles. The molecule has 0 unspecified atom stereocenters. The molecular weight excluding hydrogens is 346 g/mol. The molecule has 9 heteroatoms. The van der Waals surface area contributed by atoms with Crippen LogP contribution in [0.3, 0.4) is 0 Å². The molecule has 4 rings (SSSR count). The van der Waals surface area contributed by atoms with Gasteiger partial charge in [0.1, 0.15) is 11.3 Å². The van der Waals surface area contributed by atoms with E-state index in [-0.39, 0.29) is 18.3 Å². The van der Waals surface area contributed by atoms with Crippen molar-refractivity contribution in [3.05, 3.63) is 54.1 Å². The Hall–Kier alpha value is -3.75. The lowest BCUT2D eigenvalue weighted by atomic mass is 10.2. The molecule has 27 heavy (non-hydrogen) atoms. The summed E-state index contributed by atoms with van der Waals surface area (Å²) in [5.74, 6) is 0.947. The number of aromatic nitrogens is 5. The second kappa shape index (κ2) is 6.87. The van der Waals surface area contributed by atoms with Gasteiger partial charge in [0, 0.05) is 24.3 Å². The molecule has 0 bridgehead atoms. The number of nitrogens with two attached hydrogens (primary N) is 1. The summed E-state index contributed by atoms with van der Waals surface area (Å²) < 4.78 is 6.77. The first-order chi connectivity index (χ1) is 13.2. The summed E-state index contributed by atoms with van der Waals surface area (Å²) in [5, 5.41) is 7.89. The van der Waals surface area contributed by atoms with Gasteiger partial charge < -0.3 is 15.8 Å². The van der Waals surface area contributed by atoms with Crippen molar-refractivity contribution in [1.82, 2.24) is 29.9 Å². The van der Waals surface area contributed by atoms with Crippen molar-refractivity contribution in [2.24, 2.45) is 0 Å². The summed E-state index contributed by atoms with van der Waals surface area (Å²) in [6.07, 6.45) is 3.42. The van der Waals surface area contributed by atoms with Crippen LogP contribution in [-0.4, -0.2) is 37.6 Å². The van der Waals surface area contributed by atoms with Crippen molar-refractivity contribution in [2.45, 2.75) is 13.0 Å². The summed E-state index contributed by atoms with van der Waals surface area (Å²) >= 11 is 0. The molecule has 3 heterocycles. The van der Waals surface area contributed by atoms with Gasteiger partial charge in [-0.2, -0.15) is 4.52 Å². The van der Waals surface area contributed by atoms with Crippen molar-refractivity contribution in [2.75, 3.05) is 12.8 Å². The average Bonchev–Trinajstić information content (AvgIpc) is 3.11. The first-order valence-electron chi connectivity index (χ1n) is 8.29. The van der Waals surface area contributed by atoms with Crippen LogP contribution in [0, 0.1) is 0 Å². The summed E-state index contributed by atoms with van der Waals surface area (Å²) in [6, 6.07) is 9.21. The Bertz CT molecular complexity index is 1120. The van der Waals surface area contributed by atoms with Crippen molar-refractivity contribution >= 4 is 28.4 Å². The Morgan fingerprint density at radius 1 is 1.26 bits per heavy atom. The highest BCUT2D eigenvalue weighted by Crippen LogP contribution is 2.27. The van der Waals surface area contributed by atoms with Gasteiger partial charge in [-0.05, 0) is 23.8 Å². The second-order valence-corrected chi connectivity index (χ2v) is 5.90. The van der Waals surface area contributed by atoms with E-state index in [1.807, 2.05) is 24.3 Å². The van der Waals surface area contributed by atoms with Gasteiger partial charge in [-0.25, -0.2) is 9.97 Å². The number of carbonyl (C=O) groups is 1. The monoisotopic (exact) mass is 363 g/mol. The lowest BCUT2D eigenvalue weighted by Gasteiger charge is -2.06. The molecular formula is C18H17N7O2. The topological polar surface area (TPSA) is 120 Å². The number of pyridine rings is 1. The molecule has 136 valence electrons. The molecule has 0 atom stereocenters. The molecule has 4 aromatic rings. The summed E-state index contributed by atoms with van der Waals surface area (Å²) in [6.45, 7) is 0.393. The van der Waals surface area contributed by atoms with E-state index in [0.717, 1.165) is 10.9 Å². The van der Waals surface area contributed by atoms with Crippen LogP contribution in [0.1, 0.15) is 11.4 Å². The lowest BCUT2D eigenvalue weighted by molar-refractivity contribution is -0.120. The number of anilines is 1. The fraction of sp³-hybridized carbons (Fsp3) is 0.167. The molecule has 0 fully saturated rings. The average molecular weight is 363 g/mol. The molecule has 1 amide bonds. The first-order valence-corrected chi connectivity index (χ1v) is 8.29. The van der Waals surface area contributed by atoms with Gasteiger partial charge in [0.25, 0.3) is 0 Å². The predicted molar refractivity (Wildman–Crippen MR) is 99.0 cm³/mol. The van der Waals surface area contributed by atoms with Gasteiger partial charge >= 0.3 is 0 Å². The maximum atomic E-state index is 12.2. The van der Waals surface area contributed by atoms with E-state index in [1.165, 1.54) is 4.52 Å². The second-order valence-electron chi connectivity index (χ2n) is 5.90. The number of carbonyl (C=O) groups excluding carboxylic acids is 1. The highest BCUT2D eigenvalue weighted by atomic mass is 16.5. The molecule has 0 saturated carbocycles. The molecule has 0 aliphatic heterocycles. The largest absolute Gasteiger partial charge is 0.494 e. The number of nitrogens with zero attached hydrogens (tertiary/aromatic N) is 5. The third-order valence-electron chi connectivity index (χ3n) is 4.09. The van der Waals surface area contributed by atoms with E-state index in [9.17, 15) is 4.79 Å². The molecule has 0 aliphatic rings. The first kappa shape index (κ1) is 16.7. The summed E-state index contributed by atoms with van der Waals surface area (Å²) in [4.78, 5) is 25.1. The Balaban J connectivity index is 1.60. The van der Waals surface area contributed by atoms with E-state index < -0.39 is 0 Å². The van der Waals surface area contributed by atoms with Crippen molar-refractivity contribution in [3.63, 3.8) is 0 Å². The van der Waals surface area contributed by atoms with Crippen LogP contribution in [0.2, 0.25) is 0 Å². The van der Waals surface area contributed by atoms with Crippen molar-refractivity contribution < 1.29 is 9.53 Å². The van der Waals surface area contributed by atoms with Crippen LogP contribution in [0.25, 0.3) is 16.6 Å². The number of ether oxygens (including phenoxy) is 1. The summed E-state index contributed by atoms with van der Waals surface area (Å²) in [7, 11) is 1.57. The highest BCUT2D eigenvalue weighted by molar-refractivity contribution is 5.95. The SMILES string of the molecule is COc1cccc2c1nc(N)n1nc(CC(=O)NCc3cccnc3)nc21. The Morgan fingerprint density at radius 3 is 2.93 bits per heavy atom. The number of para-hydroxylation sites is 1. The van der Waals surface area contributed by atoms with Gasteiger partial charge in [0.05, 0.1) is 13.5 Å². The number of rotatable bonds is 5. The molecule has 0 saturated heterocycles. The minimum Gasteiger partial charge on any atom is -0.494 e. The smallest absolute Gasteiger partial charge is 0.228 e. The van der Waals surface area contributed by atoms with Crippen LogP contribution in [0.15, 0.2) is 42.7 Å². The highest BCUT2D eigenvalue weighted by Gasteiger charge is 2.16. The van der Waals surface area contributed by atoms with Crippen LogP contribution in [-0.2, 0) is 17.8 Å². The number of methoxy groups -OCH3 is 1. The molecule has 0 radical (unpaired) electrons. The van der Waals surface area contributed by atoms with Crippen molar-refractivity contribution in [3.8, 4) is 5.75 Å². The number of hydrogen-bond acceptors (Lipinski definition) is 7. The van der Waals surface area contributed by atoms with Crippen LogP contribution in [0.5, 0.6) is 5.75 Å². The zero-order chi connectivity index (χ0) is 18.8. The maximum Gasteiger partial charge on any atom is 0.228 e. The van der Waals surface area contributed by atoms with Gasteiger partial charge in [0.2, 0.25) is 11.9 Å². The molecule has 3 N–H and O–H groups in total. The van der Waals surface area contributed by atoms with Crippen LogP contribution < -0.4 is 15.8 Å². The third kappa shape index (κ3) is 3.22. The van der Waals surface area contributed by atoms with E-state index in [4.69, 9.17) is 10.5 Å². The maximum absolute atomic E-state index is 12.2. The Morgan fingerprint density at radius 2 is 2.15 bits per heavy atom. The Labute approximate surface area is 154 Å². The third-order valence-corrected chi connectivity index (χ3v) is 4.09. The molecule has 3 aromatic heterocycles. The van der Waals surface area contributed by atoms with Crippen LogP contribution in [0.4, 0.5) is 5.95 Å². The number of benzene rings is 1. The van der Waals surface area contributed by atoms with E-state index >= 15 is 0 Å². The number of amides is 1. The summed E-state index contributed by atoms with van der Waals surface area (Å²) in [5.41, 5.74) is 8.06. The number of fused-ring (bicyclic) bond motifs is 3. The standard InChI is InChI=1S/C18H17N7O2/c1-27-13-6-2-5-12-16(13)23-18(19)25-17(12)22-14(24-25)8-15(26)21-10-11-4-3-7-20-9-11/h2-7,9H,8,10H2,1H3,(H2,19,23)(H,21,26). The molecule has 0 spiro atoms. The predicted octanol–water partition coefficient (Wildman–Crippen LogP) is 1.12. The van der Waals surface area contributed by atoms with E-state index in [1.54, 1.807) is 25.6 Å². The normalized spacial score (nSPS) is 11.0. The van der Waals surface area contributed by atoms with Gasteiger partial charge in [-0.1, -0.05) is 12.1 Å². The molecule has 9 nitrogen and oxygen atoms in total. The van der Waals surface area contributed by atoms with Gasteiger partial charge in [-0.15, -0.1) is 5.10 Å².